The van der Waals surface area contributed by atoms with Crippen LogP contribution in [0.5, 0.6) is 11.5 Å². The van der Waals surface area contributed by atoms with Gasteiger partial charge in [0.1, 0.15) is 0 Å². The smallest absolute Gasteiger partial charge is 0.337 e. The summed E-state index contributed by atoms with van der Waals surface area (Å²) in [6, 6.07) is 20.6. The minimum Gasteiger partial charge on any atom is -0.490 e. The lowest BCUT2D eigenvalue weighted by Gasteiger charge is -2.23. The summed E-state index contributed by atoms with van der Waals surface area (Å²) in [7, 11) is 1.32. The first-order valence-corrected chi connectivity index (χ1v) is 15.8. The molecule has 0 fully saturated rings. The monoisotopic (exact) mass is 641 g/mol. The molecule has 3 heterocycles. The maximum absolute atomic E-state index is 14.2. The number of hydrogen-bond acceptors (Lipinski definition) is 7. The number of rotatable bonds is 9. The molecule has 0 unspecified atom stereocenters. The maximum Gasteiger partial charge on any atom is 0.337 e. The van der Waals surface area contributed by atoms with E-state index in [0.29, 0.717) is 51.2 Å². The van der Waals surface area contributed by atoms with Crippen molar-refractivity contribution in [2.24, 2.45) is 4.99 Å². The van der Waals surface area contributed by atoms with Gasteiger partial charge in [0.25, 0.3) is 5.56 Å². The predicted octanol–water partition coefficient (Wildman–Crippen LogP) is 5.78. The van der Waals surface area contributed by atoms with Crippen LogP contribution in [0.3, 0.4) is 0 Å². The molecule has 1 aliphatic rings. The summed E-state index contributed by atoms with van der Waals surface area (Å²) in [5.41, 5.74) is 4.76. The van der Waals surface area contributed by atoms with Gasteiger partial charge in [0, 0.05) is 39.9 Å². The standard InChI is InChI=1S/C35H32ClN3O5S/c1-5-43-29-15-14-23(17-30(29)44-6-2)32-27(34(41)42-4)19-37-35-39(32)33(40)31(45-35)18-26-21(3)38(28-13-8-7-12-25(26)28)20-22-10-9-11-24(36)16-22/h7-19,32H,5-6,20H2,1-4H3/b31-18+/t32-/m1/s1. The molecule has 0 radical (unpaired) electrons. The SMILES string of the molecule is CCOc1ccc([C@@H]2C(C(=O)OC)=CN=c3s/c(=C/c4c(C)n(Cc5cccc(Cl)c5)c5ccccc45)c(=O)n32)cc1OCC. The van der Waals surface area contributed by atoms with Gasteiger partial charge in [0.2, 0.25) is 0 Å². The van der Waals surface area contributed by atoms with Crippen LogP contribution >= 0.6 is 22.9 Å². The highest BCUT2D eigenvalue weighted by Crippen LogP contribution is 2.35. The van der Waals surface area contributed by atoms with Crippen molar-refractivity contribution in [3.63, 3.8) is 0 Å². The van der Waals surface area contributed by atoms with Crippen LogP contribution < -0.4 is 24.4 Å². The molecule has 3 aromatic carbocycles. The summed E-state index contributed by atoms with van der Waals surface area (Å²) in [4.78, 5) is 32.2. The molecule has 0 aliphatic carbocycles. The molecule has 0 saturated carbocycles. The molecule has 0 amide bonds. The van der Waals surface area contributed by atoms with Crippen LogP contribution in [-0.4, -0.2) is 35.4 Å². The molecule has 6 rings (SSSR count). The van der Waals surface area contributed by atoms with Gasteiger partial charge < -0.3 is 18.8 Å². The van der Waals surface area contributed by atoms with Crippen LogP contribution in [0.25, 0.3) is 17.0 Å². The average molecular weight is 642 g/mol. The summed E-state index contributed by atoms with van der Waals surface area (Å²) >= 11 is 7.57. The zero-order valence-electron chi connectivity index (χ0n) is 25.4. The van der Waals surface area contributed by atoms with Crippen LogP contribution in [-0.2, 0) is 16.1 Å². The number of carbonyl (C=O) groups excluding carboxylic acids is 1. The number of para-hydroxylation sites is 1. The fourth-order valence-corrected chi connectivity index (χ4v) is 6.94. The fourth-order valence-electron chi connectivity index (χ4n) is 5.78. The van der Waals surface area contributed by atoms with Crippen molar-refractivity contribution in [1.29, 1.82) is 0 Å². The van der Waals surface area contributed by atoms with Gasteiger partial charge >= 0.3 is 5.97 Å². The van der Waals surface area contributed by atoms with Gasteiger partial charge in [-0.2, -0.15) is 0 Å². The van der Waals surface area contributed by atoms with Gasteiger partial charge in [0.05, 0.1) is 36.5 Å². The third-order valence-corrected chi connectivity index (χ3v) is 9.03. The second-order valence-corrected chi connectivity index (χ2v) is 11.9. The molecular weight excluding hydrogens is 610 g/mol. The van der Waals surface area contributed by atoms with Gasteiger partial charge in [-0.25, -0.2) is 9.79 Å². The van der Waals surface area contributed by atoms with Crippen LogP contribution in [0, 0.1) is 6.92 Å². The first-order chi connectivity index (χ1) is 21.8. The molecule has 0 N–H and O–H groups in total. The zero-order chi connectivity index (χ0) is 31.7. The zero-order valence-corrected chi connectivity index (χ0v) is 26.9. The quantitative estimate of drug-likeness (QED) is 0.191. The Bertz CT molecular complexity index is 2140. The van der Waals surface area contributed by atoms with E-state index in [2.05, 4.69) is 34.7 Å². The molecule has 10 heteroatoms. The predicted molar refractivity (Wildman–Crippen MR) is 177 cm³/mol. The molecular formula is C35H32ClN3O5S. The van der Waals surface area contributed by atoms with Crippen molar-refractivity contribution in [2.75, 3.05) is 20.3 Å². The first-order valence-electron chi connectivity index (χ1n) is 14.7. The number of ether oxygens (including phenoxy) is 3. The number of carbonyl (C=O) groups is 1. The minimum absolute atomic E-state index is 0.248. The Morgan fingerprint density at radius 3 is 2.56 bits per heavy atom. The number of aromatic nitrogens is 2. The number of esters is 1. The third kappa shape index (κ3) is 5.69. The van der Waals surface area contributed by atoms with E-state index in [1.165, 1.54) is 24.6 Å². The third-order valence-electron chi connectivity index (χ3n) is 7.79. The lowest BCUT2D eigenvalue weighted by molar-refractivity contribution is -0.136. The number of fused-ring (bicyclic) bond motifs is 2. The van der Waals surface area contributed by atoms with E-state index in [1.54, 1.807) is 10.6 Å². The van der Waals surface area contributed by atoms with E-state index < -0.39 is 12.0 Å². The fraction of sp³-hybridized carbons (Fsp3) is 0.229. The van der Waals surface area contributed by atoms with E-state index in [-0.39, 0.29) is 11.1 Å². The molecule has 0 spiro atoms. The van der Waals surface area contributed by atoms with Gasteiger partial charge in [-0.15, -0.1) is 0 Å². The van der Waals surface area contributed by atoms with Crippen LogP contribution in [0.2, 0.25) is 5.02 Å². The van der Waals surface area contributed by atoms with E-state index in [4.69, 9.17) is 25.8 Å². The van der Waals surface area contributed by atoms with Crippen molar-refractivity contribution in [3.05, 3.63) is 126 Å². The molecule has 45 heavy (non-hydrogen) atoms. The van der Waals surface area contributed by atoms with Crippen molar-refractivity contribution < 1.29 is 19.0 Å². The highest BCUT2D eigenvalue weighted by Gasteiger charge is 2.31. The Labute approximate surface area is 269 Å². The number of benzene rings is 3. The summed E-state index contributed by atoms with van der Waals surface area (Å²) in [6.45, 7) is 7.37. The molecule has 8 nitrogen and oxygen atoms in total. The average Bonchev–Trinajstić information content (AvgIpc) is 3.50. The molecule has 5 aromatic rings. The number of nitrogens with zero attached hydrogens (tertiary/aromatic N) is 3. The van der Waals surface area contributed by atoms with Crippen molar-refractivity contribution >= 4 is 45.9 Å². The van der Waals surface area contributed by atoms with E-state index in [0.717, 1.165) is 27.7 Å². The molecule has 2 aromatic heterocycles. The van der Waals surface area contributed by atoms with Gasteiger partial charge in [-0.3, -0.25) is 9.36 Å². The normalized spacial score (nSPS) is 14.6. The van der Waals surface area contributed by atoms with E-state index >= 15 is 0 Å². The van der Waals surface area contributed by atoms with E-state index in [9.17, 15) is 9.59 Å². The second kappa shape index (κ2) is 12.8. The topological polar surface area (TPSA) is 84.0 Å². The Balaban J connectivity index is 1.52. The highest BCUT2D eigenvalue weighted by molar-refractivity contribution is 7.07. The Morgan fingerprint density at radius 1 is 1.02 bits per heavy atom. The first kappa shape index (κ1) is 30.4. The van der Waals surface area contributed by atoms with E-state index in [1.807, 2.05) is 62.4 Å². The lowest BCUT2D eigenvalue weighted by Crippen LogP contribution is -2.39. The van der Waals surface area contributed by atoms with Crippen molar-refractivity contribution in [1.82, 2.24) is 9.13 Å². The maximum atomic E-state index is 14.2. The van der Waals surface area contributed by atoms with Crippen LogP contribution in [0.1, 0.15) is 42.3 Å². The molecule has 1 atom stereocenters. The lowest BCUT2D eigenvalue weighted by atomic mass is 9.97. The molecule has 0 saturated heterocycles. The highest BCUT2D eigenvalue weighted by atomic mass is 35.5. The molecule has 230 valence electrons. The number of thiazole rings is 1. The van der Waals surface area contributed by atoms with Gasteiger partial charge in [-0.05, 0) is 68.3 Å². The summed E-state index contributed by atoms with van der Waals surface area (Å²) < 4.78 is 21.0. The summed E-state index contributed by atoms with van der Waals surface area (Å²) in [6.07, 6.45) is 3.42. The summed E-state index contributed by atoms with van der Waals surface area (Å²) in [5, 5.41) is 1.72. The van der Waals surface area contributed by atoms with Gasteiger partial charge in [-0.1, -0.05) is 59.3 Å². The molecule has 0 bridgehead atoms. The Hall–Kier alpha value is -4.60. The number of methoxy groups -OCH3 is 1. The number of hydrogen-bond donors (Lipinski definition) is 0. The van der Waals surface area contributed by atoms with Crippen molar-refractivity contribution in [3.8, 4) is 11.5 Å². The Morgan fingerprint density at radius 2 is 1.80 bits per heavy atom. The number of halogens is 1. The van der Waals surface area contributed by atoms with Crippen molar-refractivity contribution in [2.45, 2.75) is 33.4 Å². The Kier molecular flexibility index (Phi) is 8.65. The largest absolute Gasteiger partial charge is 0.490 e. The van der Waals surface area contributed by atoms with Crippen LogP contribution in [0.15, 0.2) is 88.3 Å². The van der Waals surface area contributed by atoms with Crippen LogP contribution in [0.4, 0.5) is 0 Å². The minimum atomic E-state index is -0.768. The summed E-state index contributed by atoms with van der Waals surface area (Å²) in [5.74, 6) is 0.553. The second-order valence-electron chi connectivity index (χ2n) is 10.5. The van der Waals surface area contributed by atoms with Gasteiger partial charge in [0.15, 0.2) is 16.3 Å². The molecule has 1 aliphatic heterocycles.